The van der Waals surface area contributed by atoms with Gasteiger partial charge in [0.15, 0.2) is 9.84 Å². The van der Waals surface area contributed by atoms with E-state index >= 15 is 0 Å². The summed E-state index contributed by atoms with van der Waals surface area (Å²) < 4.78 is 23.1. The van der Waals surface area contributed by atoms with Crippen LogP contribution < -0.4 is 10.6 Å². The second kappa shape index (κ2) is 6.80. The SMILES string of the molecule is CCCN(CC(=O)N(C)C)c1ccc(S(C)(=O)=O)cc1N. The number of sulfone groups is 1. The van der Waals surface area contributed by atoms with Gasteiger partial charge in [-0.2, -0.15) is 0 Å². The summed E-state index contributed by atoms with van der Waals surface area (Å²) >= 11 is 0. The number of hydrogen-bond donors (Lipinski definition) is 1. The molecule has 2 N–H and O–H groups in total. The van der Waals surface area contributed by atoms with E-state index < -0.39 is 9.84 Å². The molecule has 1 aromatic carbocycles. The van der Waals surface area contributed by atoms with Crippen LogP contribution in [0.25, 0.3) is 0 Å². The molecule has 0 heterocycles. The molecule has 0 aromatic heterocycles. The lowest BCUT2D eigenvalue weighted by molar-refractivity contribution is -0.127. The van der Waals surface area contributed by atoms with Gasteiger partial charge >= 0.3 is 0 Å². The number of amides is 1. The minimum Gasteiger partial charge on any atom is -0.397 e. The Kier molecular flexibility index (Phi) is 5.60. The highest BCUT2D eigenvalue weighted by Gasteiger charge is 2.16. The molecule has 21 heavy (non-hydrogen) atoms. The van der Waals surface area contributed by atoms with Crippen LogP contribution in [0.2, 0.25) is 0 Å². The second-order valence-corrected chi connectivity index (χ2v) is 7.22. The summed E-state index contributed by atoms with van der Waals surface area (Å²) in [6, 6.07) is 4.61. The molecule has 1 aromatic rings. The average molecular weight is 313 g/mol. The van der Waals surface area contributed by atoms with Crippen LogP contribution in [0.5, 0.6) is 0 Å². The van der Waals surface area contributed by atoms with Gasteiger partial charge in [0.2, 0.25) is 5.91 Å². The standard InChI is InChI=1S/C14H23N3O3S/c1-5-8-17(10-14(18)16(2)3)13-7-6-11(9-12(13)15)21(4,19)20/h6-7,9H,5,8,10,15H2,1-4H3. The molecule has 1 amide bonds. The van der Waals surface area contributed by atoms with Crippen molar-refractivity contribution in [3.8, 4) is 0 Å². The fourth-order valence-electron chi connectivity index (χ4n) is 1.91. The molecule has 0 unspecified atom stereocenters. The molecular formula is C14H23N3O3S. The van der Waals surface area contributed by atoms with E-state index in [1.54, 1.807) is 20.2 Å². The Labute approximate surface area is 126 Å². The van der Waals surface area contributed by atoms with Gasteiger partial charge in [0.25, 0.3) is 0 Å². The first kappa shape index (κ1) is 17.3. The first-order valence-electron chi connectivity index (χ1n) is 6.71. The number of carbonyl (C=O) groups excluding carboxylic acids is 1. The minimum absolute atomic E-state index is 0.0324. The van der Waals surface area contributed by atoms with E-state index in [0.29, 0.717) is 17.9 Å². The molecule has 0 aliphatic rings. The van der Waals surface area contributed by atoms with Crippen molar-refractivity contribution in [3.63, 3.8) is 0 Å². The van der Waals surface area contributed by atoms with E-state index in [4.69, 9.17) is 5.73 Å². The van der Waals surface area contributed by atoms with Gasteiger partial charge in [-0.1, -0.05) is 6.92 Å². The van der Waals surface area contributed by atoms with Gasteiger partial charge in [-0.05, 0) is 24.6 Å². The lowest BCUT2D eigenvalue weighted by Gasteiger charge is -2.26. The van der Waals surface area contributed by atoms with Gasteiger partial charge < -0.3 is 15.5 Å². The maximum Gasteiger partial charge on any atom is 0.241 e. The molecule has 7 heteroatoms. The minimum atomic E-state index is -3.29. The van der Waals surface area contributed by atoms with Gasteiger partial charge in [0, 0.05) is 26.9 Å². The van der Waals surface area contributed by atoms with Crippen molar-refractivity contribution >= 4 is 27.1 Å². The lowest BCUT2D eigenvalue weighted by Crippen LogP contribution is -2.37. The van der Waals surface area contributed by atoms with Crippen molar-refractivity contribution < 1.29 is 13.2 Å². The van der Waals surface area contributed by atoms with E-state index in [1.807, 2.05) is 11.8 Å². The molecule has 0 aliphatic heterocycles. The topological polar surface area (TPSA) is 83.7 Å². The third kappa shape index (κ3) is 4.63. The Morgan fingerprint density at radius 2 is 1.90 bits per heavy atom. The van der Waals surface area contributed by atoms with Crippen LogP contribution in [-0.4, -0.2) is 52.7 Å². The molecule has 0 radical (unpaired) electrons. The molecule has 0 atom stereocenters. The highest BCUT2D eigenvalue weighted by molar-refractivity contribution is 7.90. The molecule has 0 bridgehead atoms. The predicted octanol–water partition coefficient (Wildman–Crippen LogP) is 0.977. The van der Waals surface area contributed by atoms with Gasteiger partial charge in [0.05, 0.1) is 22.8 Å². The molecule has 6 nitrogen and oxygen atoms in total. The molecule has 1 rings (SSSR count). The van der Waals surface area contributed by atoms with E-state index in [1.165, 1.54) is 17.0 Å². The molecule has 0 saturated heterocycles. The molecular weight excluding hydrogens is 290 g/mol. The third-order valence-corrected chi connectivity index (χ3v) is 4.20. The van der Waals surface area contributed by atoms with Crippen molar-refractivity contribution in [1.82, 2.24) is 4.90 Å². The van der Waals surface area contributed by atoms with Crippen LogP contribution in [0, 0.1) is 0 Å². The second-order valence-electron chi connectivity index (χ2n) is 5.20. The average Bonchev–Trinajstić information content (AvgIpc) is 2.36. The number of benzene rings is 1. The number of rotatable bonds is 6. The summed E-state index contributed by atoms with van der Waals surface area (Å²) in [6.45, 7) is 2.89. The van der Waals surface area contributed by atoms with E-state index in [-0.39, 0.29) is 17.3 Å². The number of likely N-dealkylation sites (N-methyl/N-ethyl adjacent to an activating group) is 1. The summed E-state index contributed by atoms with van der Waals surface area (Å²) in [4.78, 5) is 15.4. The molecule has 0 aliphatic carbocycles. The van der Waals surface area contributed by atoms with Crippen LogP contribution >= 0.6 is 0 Å². The molecule has 0 saturated carbocycles. The Hall–Kier alpha value is -1.76. The smallest absolute Gasteiger partial charge is 0.241 e. The van der Waals surface area contributed by atoms with Gasteiger partial charge in [0.1, 0.15) is 0 Å². The summed E-state index contributed by atoms with van der Waals surface area (Å²) in [6.07, 6.45) is 1.99. The Balaban J connectivity index is 3.12. The largest absolute Gasteiger partial charge is 0.397 e. The number of nitrogens with zero attached hydrogens (tertiary/aromatic N) is 2. The zero-order valence-electron chi connectivity index (χ0n) is 13.0. The fourth-order valence-corrected chi connectivity index (χ4v) is 2.57. The van der Waals surface area contributed by atoms with Crippen molar-refractivity contribution in [1.29, 1.82) is 0 Å². The lowest BCUT2D eigenvalue weighted by atomic mass is 10.2. The van der Waals surface area contributed by atoms with Gasteiger partial charge in [-0.25, -0.2) is 8.42 Å². The summed E-state index contributed by atoms with van der Waals surface area (Å²) in [7, 11) is 0.104. The zero-order valence-corrected chi connectivity index (χ0v) is 13.8. The summed E-state index contributed by atoms with van der Waals surface area (Å²) in [5, 5.41) is 0. The normalized spacial score (nSPS) is 11.2. The zero-order chi connectivity index (χ0) is 16.2. The number of nitrogens with two attached hydrogens (primary N) is 1. The first-order valence-corrected chi connectivity index (χ1v) is 8.60. The quantitative estimate of drug-likeness (QED) is 0.791. The van der Waals surface area contributed by atoms with E-state index in [0.717, 1.165) is 12.7 Å². The maximum atomic E-state index is 11.9. The Bertz CT molecular complexity index is 612. The number of carbonyl (C=O) groups is 1. The highest BCUT2D eigenvalue weighted by atomic mass is 32.2. The monoisotopic (exact) mass is 313 g/mol. The fraction of sp³-hybridized carbons (Fsp3) is 0.500. The van der Waals surface area contributed by atoms with Crippen LogP contribution in [0.3, 0.4) is 0 Å². The van der Waals surface area contributed by atoms with E-state index in [9.17, 15) is 13.2 Å². The van der Waals surface area contributed by atoms with E-state index in [2.05, 4.69) is 0 Å². The third-order valence-electron chi connectivity index (χ3n) is 3.09. The molecule has 0 fully saturated rings. The Morgan fingerprint density at radius 1 is 1.29 bits per heavy atom. The predicted molar refractivity (Wildman–Crippen MR) is 85.2 cm³/mol. The van der Waals surface area contributed by atoms with Crippen molar-refractivity contribution in [3.05, 3.63) is 18.2 Å². The van der Waals surface area contributed by atoms with Crippen molar-refractivity contribution in [2.24, 2.45) is 0 Å². The van der Waals surface area contributed by atoms with Crippen LogP contribution in [0.15, 0.2) is 23.1 Å². The highest BCUT2D eigenvalue weighted by Crippen LogP contribution is 2.26. The van der Waals surface area contributed by atoms with Crippen LogP contribution in [0.1, 0.15) is 13.3 Å². The molecule has 0 spiro atoms. The Morgan fingerprint density at radius 3 is 2.33 bits per heavy atom. The van der Waals surface area contributed by atoms with Crippen LogP contribution in [-0.2, 0) is 14.6 Å². The summed E-state index contributed by atoms with van der Waals surface area (Å²) in [5.74, 6) is -0.0324. The maximum absolute atomic E-state index is 11.9. The first-order chi connectivity index (χ1) is 9.66. The van der Waals surface area contributed by atoms with Crippen molar-refractivity contribution in [2.45, 2.75) is 18.2 Å². The molecule has 118 valence electrons. The van der Waals surface area contributed by atoms with Crippen molar-refractivity contribution in [2.75, 3.05) is 44.1 Å². The van der Waals surface area contributed by atoms with Gasteiger partial charge in [-0.15, -0.1) is 0 Å². The number of hydrogen-bond acceptors (Lipinski definition) is 5. The number of anilines is 2. The van der Waals surface area contributed by atoms with Crippen LogP contribution in [0.4, 0.5) is 11.4 Å². The van der Waals surface area contributed by atoms with Gasteiger partial charge in [-0.3, -0.25) is 4.79 Å². The summed E-state index contributed by atoms with van der Waals surface area (Å²) in [5.41, 5.74) is 7.01. The number of nitrogen functional groups attached to an aromatic ring is 1.